The van der Waals surface area contributed by atoms with E-state index in [1.807, 2.05) is 37.8 Å². The van der Waals surface area contributed by atoms with Crippen molar-refractivity contribution in [3.8, 4) is 0 Å². The molecule has 8 heteroatoms. The molecule has 37 heavy (non-hydrogen) atoms. The van der Waals surface area contributed by atoms with Gasteiger partial charge in [-0.3, -0.25) is 0 Å². The first kappa shape index (κ1) is 26.7. The summed E-state index contributed by atoms with van der Waals surface area (Å²) in [6.45, 7) is 5.12. The molecule has 2 heterocycles. The van der Waals surface area contributed by atoms with Crippen LogP contribution in [0, 0.1) is 0 Å². The number of esters is 2. The zero-order chi connectivity index (χ0) is 26.6. The second-order valence-corrected chi connectivity index (χ2v) is 10.5. The predicted octanol–water partition coefficient (Wildman–Crippen LogP) is 4.59. The van der Waals surface area contributed by atoms with Crippen molar-refractivity contribution in [1.29, 1.82) is 0 Å². The van der Waals surface area contributed by atoms with Crippen molar-refractivity contribution >= 4 is 18.0 Å². The summed E-state index contributed by atoms with van der Waals surface area (Å²) in [6, 6.07) is 17.9. The Morgan fingerprint density at radius 1 is 0.865 bits per heavy atom. The zero-order valence-corrected chi connectivity index (χ0v) is 21.8. The van der Waals surface area contributed by atoms with Gasteiger partial charge < -0.3 is 23.8 Å². The number of rotatable bonds is 7. The van der Waals surface area contributed by atoms with Crippen LogP contribution in [0.5, 0.6) is 0 Å². The van der Waals surface area contributed by atoms with Crippen LogP contribution < -0.4 is 0 Å². The Balaban J connectivity index is 1.61. The van der Waals surface area contributed by atoms with Crippen LogP contribution in [0.1, 0.15) is 57.6 Å². The van der Waals surface area contributed by atoms with Gasteiger partial charge in [0, 0.05) is 24.9 Å². The summed E-state index contributed by atoms with van der Waals surface area (Å²) >= 11 is 0. The van der Waals surface area contributed by atoms with Crippen LogP contribution in [-0.4, -0.2) is 60.4 Å². The van der Waals surface area contributed by atoms with Gasteiger partial charge in [0.1, 0.15) is 18.3 Å². The molecule has 2 aromatic rings. The maximum absolute atomic E-state index is 14.1. The molecular weight excluding hydrogens is 474 g/mol. The summed E-state index contributed by atoms with van der Waals surface area (Å²) in [5.41, 5.74) is -1.16. The van der Waals surface area contributed by atoms with E-state index in [9.17, 15) is 14.4 Å². The minimum Gasteiger partial charge on any atom is -0.467 e. The number of carbonyl (C=O) groups is 3. The Morgan fingerprint density at radius 3 is 1.84 bits per heavy atom. The van der Waals surface area contributed by atoms with Gasteiger partial charge >= 0.3 is 18.0 Å². The van der Waals surface area contributed by atoms with E-state index < -0.39 is 35.9 Å². The first-order chi connectivity index (χ1) is 17.6. The molecule has 2 saturated heterocycles. The quantitative estimate of drug-likeness (QED) is 0.398. The fourth-order valence-electron chi connectivity index (χ4n) is 5.27. The van der Waals surface area contributed by atoms with Crippen LogP contribution in [0.2, 0.25) is 0 Å². The van der Waals surface area contributed by atoms with E-state index in [1.54, 1.807) is 48.5 Å². The summed E-state index contributed by atoms with van der Waals surface area (Å²) in [4.78, 5) is 40.8. The highest BCUT2D eigenvalue weighted by Gasteiger charge is 2.50. The number of nitrogens with zero attached hydrogens (tertiary/aromatic N) is 1. The van der Waals surface area contributed by atoms with Gasteiger partial charge in [-0.05, 0) is 44.7 Å². The molecule has 0 aromatic heterocycles. The van der Waals surface area contributed by atoms with Crippen LogP contribution in [0.15, 0.2) is 60.7 Å². The van der Waals surface area contributed by atoms with Crippen LogP contribution in [-0.2, 0) is 34.1 Å². The van der Waals surface area contributed by atoms with E-state index in [2.05, 4.69) is 0 Å². The normalized spacial score (nSPS) is 21.3. The predicted molar refractivity (Wildman–Crippen MR) is 136 cm³/mol. The maximum Gasteiger partial charge on any atom is 0.410 e. The molecule has 2 aliphatic heterocycles. The van der Waals surface area contributed by atoms with Crippen molar-refractivity contribution < 1.29 is 33.3 Å². The third-order valence-corrected chi connectivity index (χ3v) is 6.85. The Hall–Kier alpha value is -3.39. The number of benzene rings is 2. The number of ether oxygens (including phenoxy) is 4. The molecule has 2 fully saturated rings. The van der Waals surface area contributed by atoms with Gasteiger partial charge in [0.2, 0.25) is 5.60 Å². The SMILES string of the molecule is COC(=O)COC(C(=O)OC1C[C@H]2CC[C@@H](C1)N2C(=O)OC(C)(C)C)(c1ccccc1)c1ccccc1. The van der Waals surface area contributed by atoms with Crippen LogP contribution in [0.25, 0.3) is 0 Å². The van der Waals surface area contributed by atoms with E-state index >= 15 is 0 Å². The maximum atomic E-state index is 14.1. The van der Waals surface area contributed by atoms with E-state index in [0.29, 0.717) is 24.0 Å². The first-order valence-corrected chi connectivity index (χ1v) is 12.7. The zero-order valence-electron chi connectivity index (χ0n) is 21.8. The number of amides is 1. The minimum atomic E-state index is -1.67. The van der Waals surface area contributed by atoms with E-state index in [4.69, 9.17) is 18.9 Å². The van der Waals surface area contributed by atoms with E-state index in [-0.39, 0.29) is 18.2 Å². The van der Waals surface area contributed by atoms with Crippen molar-refractivity contribution in [2.45, 2.75) is 75.8 Å². The van der Waals surface area contributed by atoms with Crippen molar-refractivity contribution in [2.75, 3.05) is 13.7 Å². The number of hydrogen-bond acceptors (Lipinski definition) is 7. The smallest absolute Gasteiger partial charge is 0.410 e. The summed E-state index contributed by atoms with van der Waals surface area (Å²) in [5, 5.41) is 0. The third kappa shape index (κ3) is 5.80. The highest BCUT2D eigenvalue weighted by atomic mass is 16.6. The van der Waals surface area contributed by atoms with E-state index in [1.165, 1.54) is 7.11 Å². The molecule has 2 bridgehead atoms. The fourth-order valence-corrected chi connectivity index (χ4v) is 5.27. The standard InChI is InChI=1S/C29H35NO7/c1-28(2,3)37-27(33)30-22-15-16-23(30)18-24(17-22)36-26(32)29(35-19-25(31)34-4,20-11-7-5-8-12-20)21-13-9-6-10-14-21/h5-14,22-24H,15-19H2,1-4H3/t22-,23+,24?. The van der Waals surface area contributed by atoms with Crippen molar-refractivity contribution in [1.82, 2.24) is 4.90 Å². The first-order valence-electron chi connectivity index (χ1n) is 12.7. The molecule has 0 spiro atoms. The monoisotopic (exact) mass is 509 g/mol. The summed E-state index contributed by atoms with van der Waals surface area (Å²) in [7, 11) is 1.27. The lowest BCUT2D eigenvalue weighted by Gasteiger charge is -2.40. The van der Waals surface area contributed by atoms with Crippen LogP contribution >= 0.6 is 0 Å². The molecule has 0 radical (unpaired) electrons. The number of carbonyl (C=O) groups excluding carboxylic acids is 3. The molecule has 3 atom stereocenters. The van der Waals surface area contributed by atoms with Crippen molar-refractivity contribution in [2.24, 2.45) is 0 Å². The van der Waals surface area contributed by atoms with Gasteiger partial charge in [-0.1, -0.05) is 60.7 Å². The Labute approximate surface area is 217 Å². The lowest BCUT2D eigenvalue weighted by molar-refractivity contribution is -0.180. The fraction of sp³-hybridized carbons (Fsp3) is 0.483. The van der Waals surface area contributed by atoms with Gasteiger partial charge in [-0.2, -0.15) is 0 Å². The summed E-state index contributed by atoms with van der Waals surface area (Å²) in [5.74, 6) is -1.21. The second-order valence-electron chi connectivity index (χ2n) is 10.5. The molecule has 8 nitrogen and oxygen atoms in total. The summed E-state index contributed by atoms with van der Waals surface area (Å²) in [6.07, 6.45) is 1.96. The van der Waals surface area contributed by atoms with Crippen LogP contribution in [0.3, 0.4) is 0 Å². The Morgan fingerprint density at radius 2 is 1.38 bits per heavy atom. The molecule has 198 valence electrons. The highest BCUT2D eigenvalue weighted by molar-refractivity contribution is 5.86. The van der Waals surface area contributed by atoms with E-state index in [0.717, 1.165) is 12.8 Å². The van der Waals surface area contributed by atoms with Gasteiger partial charge in [-0.25, -0.2) is 14.4 Å². The molecular formula is C29H35NO7. The molecule has 0 aliphatic carbocycles. The molecule has 4 rings (SSSR count). The molecule has 0 N–H and O–H groups in total. The number of piperidine rings is 1. The molecule has 1 unspecified atom stereocenters. The van der Waals surface area contributed by atoms with Crippen LogP contribution in [0.4, 0.5) is 4.79 Å². The van der Waals surface area contributed by atoms with Crippen molar-refractivity contribution in [3.05, 3.63) is 71.8 Å². The highest BCUT2D eigenvalue weighted by Crippen LogP contribution is 2.41. The average molecular weight is 510 g/mol. The largest absolute Gasteiger partial charge is 0.467 e. The Bertz CT molecular complexity index is 1040. The molecule has 0 saturated carbocycles. The molecule has 2 aliphatic rings. The third-order valence-electron chi connectivity index (χ3n) is 6.85. The van der Waals surface area contributed by atoms with Gasteiger partial charge in [0.15, 0.2) is 0 Å². The number of methoxy groups -OCH3 is 1. The lowest BCUT2D eigenvalue weighted by Crippen LogP contribution is -2.52. The number of fused-ring (bicyclic) bond motifs is 2. The number of hydrogen-bond donors (Lipinski definition) is 0. The molecule has 1 amide bonds. The Kier molecular flexibility index (Phi) is 7.87. The second kappa shape index (κ2) is 10.9. The van der Waals surface area contributed by atoms with Gasteiger partial charge in [-0.15, -0.1) is 0 Å². The topological polar surface area (TPSA) is 91.4 Å². The van der Waals surface area contributed by atoms with Crippen molar-refractivity contribution in [3.63, 3.8) is 0 Å². The summed E-state index contributed by atoms with van der Waals surface area (Å²) < 4.78 is 22.7. The average Bonchev–Trinajstić information content (AvgIpc) is 3.15. The minimum absolute atomic E-state index is 0.0646. The lowest BCUT2D eigenvalue weighted by atomic mass is 9.85. The van der Waals surface area contributed by atoms with Gasteiger partial charge in [0.25, 0.3) is 0 Å². The van der Waals surface area contributed by atoms with Gasteiger partial charge in [0.05, 0.1) is 7.11 Å². The molecule has 2 aromatic carbocycles.